The number of carbonyl (C=O) groups is 4. The number of carbonyl (C=O) groups excluding carboxylic acids is 4. The maximum atomic E-state index is 12.2. The van der Waals surface area contributed by atoms with Crippen LogP contribution in [-0.4, -0.2) is 61.3 Å². The van der Waals surface area contributed by atoms with Gasteiger partial charge < -0.3 is 20.9 Å². The van der Waals surface area contributed by atoms with E-state index in [-0.39, 0.29) is 48.4 Å². The van der Waals surface area contributed by atoms with Gasteiger partial charge in [0.1, 0.15) is 12.1 Å². The number of hydrogen-bond acceptors (Lipinski definition) is 4. The first-order valence-electron chi connectivity index (χ1n) is 9.66. The molecule has 0 aliphatic rings. The van der Waals surface area contributed by atoms with E-state index < -0.39 is 12.1 Å². The van der Waals surface area contributed by atoms with Crippen LogP contribution in [0, 0.1) is 11.8 Å². The molecule has 0 spiro atoms. The number of rotatable bonds is 11. The smallest absolute Gasteiger partial charge is 0.244 e. The van der Waals surface area contributed by atoms with Crippen LogP contribution in [0.15, 0.2) is 12.2 Å². The first-order chi connectivity index (χ1) is 13.0. The van der Waals surface area contributed by atoms with E-state index in [1.165, 1.54) is 11.8 Å². The first kappa shape index (κ1) is 25.6. The molecule has 0 aliphatic carbocycles. The van der Waals surface area contributed by atoms with Gasteiger partial charge in [-0.25, -0.2) is 0 Å². The van der Waals surface area contributed by atoms with E-state index in [1.54, 1.807) is 26.2 Å². The Hall–Kier alpha value is -2.38. The van der Waals surface area contributed by atoms with Crippen molar-refractivity contribution >= 4 is 23.6 Å². The lowest BCUT2D eigenvalue weighted by Gasteiger charge is -2.23. The molecule has 0 aromatic heterocycles. The second-order valence-corrected chi connectivity index (χ2v) is 7.83. The molecule has 4 amide bonds. The van der Waals surface area contributed by atoms with Gasteiger partial charge >= 0.3 is 0 Å². The fourth-order valence-electron chi connectivity index (χ4n) is 2.55. The summed E-state index contributed by atoms with van der Waals surface area (Å²) in [6.45, 7) is 9.31. The lowest BCUT2D eigenvalue weighted by atomic mass is 10.0. The van der Waals surface area contributed by atoms with Crippen LogP contribution in [0.4, 0.5) is 0 Å². The molecule has 160 valence electrons. The molecule has 8 nitrogen and oxygen atoms in total. The van der Waals surface area contributed by atoms with Crippen molar-refractivity contribution in [2.45, 2.75) is 59.5 Å². The molecular formula is C20H36N4O4. The molecule has 3 N–H and O–H groups in total. The third-order valence-electron chi connectivity index (χ3n) is 3.95. The van der Waals surface area contributed by atoms with Gasteiger partial charge in [-0.3, -0.25) is 19.2 Å². The predicted octanol–water partition coefficient (Wildman–Crippen LogP) is 0.829. The number of hydrogen-bond donors (Lipinski definition) is 3. The van der Waals surface area contributed by atoms with Gasteiger partial charge in [0.2, 0.25) is 23.6 Å². The Morgan fingerprint density at radius 2 is 1.57 bits per heavy atom. The first-order valence-corrected chi connectivity index (χ1v) is 9.66. The minimum absolute atomic E-state index is 0.0363. The van der Waals surface area contributed by atoms with Crippen LogP contribution >= 0.6 is 0 Å². The molecule has 2 atom stereocenters. The van der Waals surface area contributed by atoms with Gasteiger partial charge in [-0.2, -0.15) is 0 Å². The van der Waals surface area contributed by atoms with Gasteiger partial charge in [0.15, 0.2) is 0 Å². The van der Waals surface area contributed by atoms with Crippen molar-refractivity contribution < 1.29 is 19.2 Å². The molecule has 0 heterocycles. The molecule has 1 unspecified atom stereocenters. The molecule has 28 heavy (non-hydrogen) atoms. The van der Waals surface area contributed by atoms with Crippen LogP contribution in [0.2, 0.25) is 0 Å². The Kier molecular flexibility index (Phi) is 11.8. The molecule has 0 aromatic rings. The van der Waals surface area contributed by atoms with Gasteiger partial charge in [0, 0.05) is 34.0 Å². The number of amides is 4. The molecule has 0 aliphatic heterocycles. The summed E-state index contributed by atoms with van der Waals surface area (Å²) in [6, 6.07) is -1.14. The van der Waals surface area contributed by atoms with Crippen molar-refractivity contribution in [1.82, 2.24) is 20.9 Å². The Morgan fingerprint density at radius 1 is 0.964 bits per heavy atom. The van der Waals surface area contributed by atoms with Crippen molar-refractivity contribution in [3.63, 3.8) is 0 Å². The van der Waals surface area contributed by atoms with Gasteiger partial charge in [0.05, 0.1) is 0 Å². The molecule has 0 bridgehead atoms. The molecule has 0 saturated heterocycles. The van der Waals surface area contributed by atoms with Crippen LogP contribution in [0.25, 0.3) is 0 Å². The summed E-state index contributed by atoms with van der Waals surface area (Å²) < 4.78 is 0. The zero-order chi connectivity index (χ0) is 21.9. The monoisotopic (exact) mass is 396 g/mol. The summed E-state index contributed by atoms with van der Waals surface area (Å²) in [5.41, 5.74) is 0. The summed E-state index contributed by atoms with van der Waals surface area (Å²) >= 11 is 0. The van der Waals surface area contributed by atoms with E-state index in [4.69, 9.17) is 0 Å². The van der Waals surface area contributed by atoms with Crippen molar-refractivity contribution in [3.05, 3.63) is 12.2 Å². The SMILES string of the molecule is CC(=O)N[C@H](C(=O)NC/C=C/CC(=O)NC(CC(C)C)C(=O)N(C)C)C(C)C. The number of nitrogens with one attached hydrogen (secondary N) is 3. The second-order valence-electron chi connectivity index (χ2n) is 7.83. The van der Waals surface area contributed by atoms with Crippen LogP contribution in [0.5, 0.6) is 0 Å². The van der Waals surface area contributed by atoms with E-state index in [9.17, 15) is 19.2 Å². The highest BCUT2D eigenvalue weighted by atomic mass is 16.2. The van der Waals surface area contributed by atoms with Crippen LogP contribution in [0.3, 0.4) is 0 Å². The summed E-state index contributed by atoms with van der Waals surface area (Å²) in [5.74, 6) is -0.668. The molecule has 0 saturated carbocycles. The van der Waals surface area contributed by atoms with E-state index in [0.717, 1.165) is 0 Å². The third-order valence-corrected chi connectivity index (χ3v) is 3.95. The molecule has 0 radical (unpaired) electrons. The quantitative estimate of drug-likeness (QED) is 0.450. The predicted molar refractivity (Wildman–Crippen MR) is 109 cm³/mol. The molecule has 0 aromatic carbocycles. The minimum Gasteiger partial charge on any atom is -0.351 e. The van der Waals surface area contributed by atoms with Gasteiger partial charge in [0.25, 0.3) is 0 Å². The molecule has 0 rings (SSSR count). The van der Waals surface area contributed by atoms with Crippen LogP contribution in [0.1, 0.15) is 47.5 Å². The molecule has 8 heteroatoms. The highest BCUT2D eigenvalue weighted by molar-refractivity contribution is 5.88. The highest BCUT2D eigenvalue weighted by Crippen LogP contribution is 2.07. The van der Waals surface area contributed by atoms with E-state index in [1.807, 2.05) is 27.7 Å². The summed E-state index contributed by atoms with van der Waals surface area (Å²) in [6.07, 6.45) is 4.01. The zero-order valence-electron chi connectivity index (χ0n) is 18.2. The van der Waals surface area contributed by atoms with Crippen molar-refractivity contribution in [1.29, 1.82) is 0 Å². The lowest BCUT2D eigenvalue weighted by Crippen LogP contribution is -2.49. The average Bonchev–Trinajstić information content (AvgIpc) is 2.56. The van der Waals surface area contributed by atoms with Crippen molar-refractivity contribution in [2.75, 3.05) is 20.6 Å². The van der Waals surface area contributed by atoms with Crippen molar-refractivity contribution in [2.24, 2.45) is 11.8 Å². The average molecular weight is 397 g/mol. The second kappa shape index (κ2) is 12.9. The van der Waals surface area contributed by atoms with Gasteiger partial charge in [-0.1, -0.05) is 39.8 Å². The Labute approximate surface area is 168 Å². The lowest BCUT2D eigenvalue weighted by molar-refractivity contribution is -0.134. The maximum absolute atomic E-state index is 12.2. The Bertz CT molecular complexity index is 571. The third kappa shape index (κ3) is 10.7. The summed E-state index contributed by atoms with van der Waals surface area (Å²) in [7, 11) is 3.32. The molecular weight excluding hydrogens is 360 g/mol. The van der Waals surface area contributed by atoms with E-state index in [0.29, 0.717) is 6.42 Å². The van der Waals surface area contributed by atoms with Gasteiger partial charge in [-0.15, -0.1) is 0 Å². The molecule has 0 fully saturated rings. The van der Waals surface area contributed by atoms with E-state index in [2.05, 4.69) is 16.0 Å². The largest absolute Gasteiger partial charge is 0.351 e. The van der Waals surface area contributed by atoms with Crippen molar-refractivity contribution in [3.8, 4) is 0 Å². The normalized spacial score (nSPS) is 13.3. The minimum atomic E-state index is -0.594. The van der Waals surface area contributed by atoms with Crippen LogP contribution < -0.4 is 16.0 Å². The van der Waals surface area contributed by atoms with Crippen LogP contribution in [-0.2, 0) is 19.2 Å². The Morgan fingerprint density at radius 3 is 2.04 bits per heavy atom. The Balaban J connectivity index is 4.50. The summed E-state index contributed by atoms with van der Waals surface area (Å²) in [4.78, 5) is 49.1. The number of nitrogens with zero attached hydrogens (tertiary/aromatic N) is 1. The standard InChI is InChI=1S/C20H36N4O4/c1-13(2)12-16(20(28)24(6)7)23-17(26)10-8-9-11-21-19(27)18(14(3)4)22-15(5)25/h8-9,13-14,16,18H,10-12H2,1-7H3,(H,21,27)(H,22,25)(H,23,26)/b9-8+/t16?,18-/m0/s1. The van der Waals surface area contributed by atoms with Gasteiger partial charge in [-0.05, 0) is 18.3 Å². The highest BCUT2D eigenvalue weighted by Gasteiger charge is 2.23. The fourth-order valence-corrected chi connectivity index (χ4v) is 2.55. The summed E-state index contributed by atoms with van der Waals surface area (Å²) in [5, 5.41) is 8.10. The maximum Gasteiger partial charge on any atom is 0.244 e. The van der Waals surface area contributed by atoms with E-state index >= 15 is 0 Å². The zero-order valence-corrected chi connectivity index (χ0v) is 18.2. The topological polar surface area (TPSA) is 108 Å². The number of likely N-dealkylation sites (N-methyl/N-ethyl adjacent to an activating group) is 1. The fraction of sp³-hybridized carbons (Fsp3) is 0.700.